The van der Waals surface area contributed by atoms with E-state index in [0.29, 0.717) is 23.4 Å². The van der Waals surface area contributed by atoms with Crippen molar-refractivity contribution in [3.05, 3.63) is 35.7 Å². The summed E-state index contributed by atoms with van der Waals surface area (Å²) < 4.78 is 7.18. The topological polar surface area (TPSA) is 106 Å². The third kappa shape index (κ3) is 4.57. The van der Waals surface area contributed by atoms with Gasteiger partial charge in [-0.25, -0.2) is 9.66 Å². The number of hydrogen-bond donors (Lipinski definition) is 3. The number of rotatable bonds is 7. The Kier molecular flexibility index (Phi) is 5.78. The van der Waals surface area contributed by atoms with Crippen molar-refractivity contribution in [3.8, 4) is 5.75 Å². The fraction of sp³-hybridized carbons (Fsp3) is 0.333. The SMILES string of the molecule is CCCCOc1ccc(B(O)O)cc1C=Nn1cc(C)nc1N. The molecular weight excluding hydrogens is 295 g/mol. The zero-order valence-corrected chi connectivity index (χ0v) is 13.3. The summed E-state index contributed by atoms with van der Waals surface area (Å²) in [5.74, 6) is 0.910. The second-order valence-corrected chi connectivity index (χ2v) is 5.20. The van der Waals surface area contributed by atoms with Crippen LogP contribution in [0.2, 0.25) is 0 Å². The Morgan fingerprint density at radius 2 is 2.22 bits per heavy atom. The van der Waals surface area contributed by atoms with Gasteiger partial charge >= 0.3 is 7.12 Å². The van der Waals surface area contributed by atoms with Gasteiger partial charge in [0.05, 0.1) is 24.7 Å². The fourth-order valence-corrected chi connectivity index (χ4v) is 2.01. The zero-order valence-electron chi connectivity index (χ0n) is 13.3. The van der Waals surface area contributed by atoms with Gasteiger partial charge in [-0.05, 0) is 30.9 Å². The van der Waals surface area contributed by atoms with Crippen LogP contribution < -0.4 is 15.9 Å². The molecule has 1 aromatic heterocycles. The number of unbranched alkanes of at least 4 members (excludes halogenated alkanes) is 1. The molecule has 2 aromatic rings. The minimum Gasteiger partial charge on any atom is -0.493 e. The Morgan fingerprint density at radius 1 is 1.43 bits per heavy atom. The van der Waals surface area contributed by atoms with Crippen molar-refractivity contribution in [1.29, 1.82) is 0 Å². The van der Waals surface area contributed by atoms with E-state index in [4.69, 9.17) is 10.5 Å². The molecule has 1 aromatic carbocycles. The van der Waals surface area contributed by atoms with Crippen molar-refractivity contribution in [3.63, 3.8) is 0 Å². The molecule has 0 aliphatic heterocycles. The number of hydrogen-bond acceptors (Lipinski definition) is 6. The van der Waals surface area contributed by atoms with E-state index in [-0.39, 0.29) is 5.95 Å². The molecule has 0 spiro atoms. The van der Waals surface area contributed by atoms with E-state index in [1.807, 2.05) is 6.92 Å². The molecule has 4 N–H and O–H groups in total. The molecule has 8 heteroatoms. The molecule has 1 heterocycles. The monoisotopic (exact) mass is 316 g/mol. The van der Waals surface area contributed by atoms with Gasteiger partial charge in [-0.15, -0.1) is 0 Å². The van der Waals surface area contributed by atoms with E-state index >= 15 is 0 Å². The maximum absolute atomic E-state index is 9.32. The molecule has 0 amide bonds. The molecule has 0 aliphatic carbocycles. The summed E-state index contributed by atoms with van der Waals surface area (Å²) in [5, 5.41) is 22.9. The Balaban J connectivity index is 2.28. The van der Waals surface area contributed by atoms with Gasteiger partial charge in [0.25, 0.3) is 0 Å². The zero-order chi connectivity index (χ0) is 16.8. The molecule has 0 fully saturated rings. The summed E-state index contributed by atoms with van der Waals surface area (Å²) in [7, 11) is -1.55. The van der Waals surface area contributed by atoms with E-state index in [2.05, 4.69) is 17.0 Å². The third-order valence-electron chi connectivity index (χ3n) is 3.24. The lowest BCUT2D eigenvalue weighted by Gasteiger charge is -2.10. The first-order chi connectivity index (χ1) is 11.0. The van der Waals surface area contributed by atoms with Crippen LogP contribution in [0.3, 0.4) is 0 Å². The van der Waals surface area contributed by atoms with Gasteiger partial charge in [0, 0.05) is 5.56 Å². The number of aromatic nitrogens is 2. The second kappa shape index (κ2) is 7.80. The summed E-state index contributed by atoms with van der Waals surface area (Å²) >= 11 is 0. The Hall–Kier alpha value is -2.32. The maximum atomic E-state index is 9.32. The van der Waals surface area contributed by atoms with E-state index < -0.39 is 7.12 Å². The lowest BCUT2D eigenvalue weighted by molar-refractivity contribution is 0.309. The first kappa shape index (κ1) is 17.0. The number of anilines is 1. The smallest absolute Gasteiger partial charge is 0.488 e. The molecule has 0 saturated carbocycles. The fourth-order valence-electron chi connectivity index (χ4n) is 2.01. The van der Waals surface area contributed by atoms with Crippen LogP contribution in [0.15, 0.2) is 29.5 Å². The molecule has 0 atom stereocenters. The second-order valence-electron chi connectivity index (χ2n) is 5.20. The predicted octanol–water partition coefficient (Wildman–Crippen LogP) is 0.515. The number of nitrogens with zero attached hydrogens (tertiary/aromatic N) is 3. The highest BCUT2D eigenvalue weighted by Crippen LogP contribution is 2.16. The molecule has 0 bridgehead atoms. The van der Waals surface area contributed by atoms with Crippen LogP contribution in [0, 0.1) is 6.92 Å². The van der Waals surface area contributed by atoms with Gasteiger partial charge in [-0.1, -0.05) is 19.4 Å². The molecule has 0 aliphatic rings. The lowest BCUT2D eigenvalue weighted by Crippen LogP contribution is -2.30. The van der Waals surface area contributed by atoms with Crippen LogP contribution in [-0.4, -0.2) is 39.6 Å². The standard InChI is InChI=1S/C15H21BN4O3/c1-3-4-7-23-14-6-5-13(16(21)22)8-12(14)9-18-20-10-11(2)19-15(20)17/h5-6,8-10,21-22H,3-4,7H2,1-2H3,(H2,17,19). The van der Waals surface area contributed by atoms with Crippen molar-refractivity contribution in [2.24, 2.45) is 5.10 Å². The minimum absolute atomic E-state index is 0.283. The number of aryl methyl sites for hydroxylation is 1. The largest absolute Gasteiger partial charge is 0.493 e. The summed E-state index contributed by atoms with van der Waals surface area (Å²) in [6, 6.07) is 4.93. The van der Waals surface area contributed by atoms with Crippen molar-refractivity contribution in [2.45, 2.75) is 26.7 Å². The summed E-state index contributed by atoms with van der Waals surface area (Å²) in [6.45, 7) is 4.50. The average molecular weight is 316 g/mol. The molecule has 0 radical (unpaired) electrons. The summed E-state index contributed by atoms with van der Waals surface area (Å²) in [6.07, 6.45) is 5.23. The molecule has 7 nitrogen and oxygen atoms in total. The first-order valence-corrected chi connectivity index (χ1v) is 7.50. The highest BCUT2D eigenvalue weighted by Gasteiger charge is 2.13. The lowest BCUT2D eigenvalue weighted by atomic mass is 9.79. The van der Waals surface area contributed by atoms with Crippen molar-refractivity contribution >= 4 is 24.7 Å². The van der Waals surface area contributed by atoms with Gasteiger partial charge in [0.15, 0.2) is 0 Å². The molecule has 0 saturated heterocycles. The summed E-state index contributed by atoms with van der Waals surface area (Å²) in [4.78, 5) is 4.07. The van der Waals surface area contributed by atoms with E-state index in [1.165, 1.54) is 4.68 Å². The van der Waals surface area contributed by atoms with Gasteiger partial charge in [-0.2, -0.15) is 5.10 Å². The number of nitrogen functional groups attached to an aromatic ring is 1. The third-order valence-corrected chi connectivity index (χ3v) is 3.24. The molecule has 0 unspecified atom stereocenters. The normalized spacial score (nSPS) is 11.1. The highest BCUT2D eigenvalue weighted by atomic mass is 16.5. The maximum Gasteiger partial charge on any atom is 0.488 e. The molecule has 122 valence electrons. The van der Waals surface area contributed by atoms with E-state index in [1.54, 1.807) is 30.6 Å². The summed E-state index contributed by atoms with van der Waals surface area (Å²) in [5.41, 5.74) is 7.51. The van der Waals surface area contributed by atoms with Crippen LogP contribution >= 0.6 is 0 Å². The van der Waals surface area contributed by atoms with Crippen molar-refractivity contribution < 1.29 is 14.8 Å². The van der Waals surface area contributed by atoms with Gasteiger partial charge in [0.1, 0.15) is 5.75 Å². The average Bonchev–Trinajstić information content (AvgIpc) is 2.84. The number of ether oxygens (including phenoxy) is 1. The molecular formula is C15H21BN4O3. The molecule has 23 heavy (non-hydrogen) atoms. The number of nitrogens with two attached hydrogens (primary N) is 1. The predicted molar refractivity (Wildman–Crippen MR) is 91.0 cm³/mol. The number of imidazole rings is 1. The Morgan fingerprint density at radius 3 is 2.83 bits per heavy atom. The first-order valence-electron chi connectivity index (χ1n) is 7.50. The van der Waals surface area contributed by atoms with Gasteiger partial charge in [0.2, 0.25) is 5.95 Å². The Bertz CT molecular complexity index is 685. The van der Waals surface area contributed by atoms with Gasteiger partial charge in [-0.3, -0.25) is 0 Å². The minimum atomic E-state index is -1.55. The Labute approximate surface area is 135 Å². The van der Waals surface area contributed by atoms with Crippen LogP contribution in [0.4, 0.5) is 5.95 Å². The van der Waals surface area contributed by atoms with Crippen LogP contribution in [0.1, 0.15) is 31.0 Å². The van der Waals surface area contributed by atoms with E-state index in [9.17, 15) is 10.0 Å². The number of benzene rings is 1. The molecule has 2 rings (SSSR count). The van der Waals surface area contributed by atoms with Crippen LogP contribution in [0.5, 0.6) is 5.75 Å². The van der Waals surface area contributed by atoms with Gasteiger partial charge < -0.3 is 20.5 Å². The highest BCUT2D eigenvalue weighted by molar-refractivity contribution is 6.58. The van der Waals surface area contributed by atoms with E-state index in [0.717, 1.165) is 18.5 Å². The van der Waals surface area contributed by atoms with Crippen molar-refractivity contribution in [2.75, 3.05) is 12.3 Å². The van der Waals surface area contributed by atoms with Crippen LogP contribution in [0.25, 0.3) is 0 Å². The van der Waals surface area contributed by atoms with Crippen molar-refractivity contribution in [1.82, 2.24) is 9.66 Å². The quantitative estimate of drug-likeness (QED) is 0.392. The van der Waals surface area contributed by atoms with Crippen LogP contribution in [-0.2, 0) is 0 Å².